The van der Waals surface area contributed by atoms with E-state index in [4.69, 9.17) is 20.2 Å². The van der Waals surface area contributed by atoms with Crippen LogP contribution in [0.4, 0.5) is 0 Å². The van der Waals surface area contributed by atoms with Crippen molar-refractivity contribution in [1.29, 1.82) is 5.26 Å². The van der Waals surface area contributed by atoms with Gasteiger partial charge in [0.2, 0.25) is 0 Å². The highest BCUT2D eigenvalue weighted by Crippen LogP contribution is 2.53. The van der Waals surface area contributed by atoms with Gasteiger partial charge in [-0.15, -0.1) is 0 Å². The van der Waals surface area contributed by atoms with Crippen LogP contribution in [-0.2, 0) is 15.1 Å². The molecule has 0 aromatic heterocycles. The lowest BCUT2D eigenvalue weighted by Crippen LogP contribution is -2.58. The average Bonchev–Trinajstić information content (AvgIpc) is 2.98. The summed E-state index contributed by atoms with van der Waals surface area (Å²) in [6, 6.07) is 15.3. The molecule has 0 radical (unpaired) electrons. The predicted octanol–water partition coefficient (Wildman–Crippen LogP) is 2.39. The number of nitriles is 1. The maximum Gasteiger partial charge on any atom is 0.262 e. The minimum Gasteiger partial charge on any atom is -0.489 e. The number of fused-ring (bicyclic) bond motifs is 4. The maximum absolute atomic E-state index is 13.6. The Bertz CT molecular complexity index is 1120. The number of likely N-dealkylation sites (N-methyl/N-ethyl adjacent to an activating group) is 1. The van der Waals surface area contributed by atoms with Crippen molar-refractivity contribution in [2.75, 3.05) is 13.7 Å². The Morgan fingerprint density at radius 2 is 2.07 bits per heavy atom. The highest BCUT2D eigenvalue weighted by molar-refractivity contribution is 6.07. The van der Waals surface area contributed by atoms with Gasteiger partial charge >= 0.3 is 0 Å². The topological polar surface area (TPSA) is 101 Å². The summed E-state index contributed by atoms with van der Waals surface area (Å²) < 4.78 is 12.3. The average molecular weight is 402 g/mol. The van der Waals surface area contributed by atoms with E-state index in [1.807, 2.05) is 43.3 Å². The lowest BCUT2D eigenvalue weighted by atomic mass is 9.68. The number of carbonyl (C=O) groups is 1. The number of nitrogens with two attached hydrogens (primary N) is 1. The number of hydrogen-bond acceptors (Lipinski definition) is 6. The molecule has 2 N–H and O–H groups in total. The van der Waals surface area contributed by atoms with Gasteiger partial charge in [0.25, 0.3) is 5.91 Å². The summed E-state index contributed by atoms with van der Waals surface area (Å²) >= 11 is 0. The maximum atomic E-state index is 13.6. The fraction of sp³-hybridized carbons (Fsp3) is 0.348. The number of benzene rings is 2. The summed E-state index contributed by atoms with van der Waals surface area (Å²) in [5.41, 5.74) is 7.98. The normalized spacial score (nSPS) is 29.6. The van der Waals surface area contributed by atoms with Gasteiger partial charge in [0.15, 0.2) is 11.5 Å². The molecule has 2 aromatic carbocycles. The van der Waals surface area contributed by atoms with Gasteiger partial charge in [-0.3, -0.25) is 9.69 Å². The monoisotopic (exact) mass is 402 g/mol. The first-order chi connectivity index (χ1) is 14.5. The fourth-order valence-electron chi connectivity index (χ4n) is 4.97. The number of amides is 1. The van der Waals surface area contributed by atoms with Crippen LogP contribution in [0.15, 0.2) is 47.5 Å². The molecule has 3 aliphatic heterocycles. The molecule has 5 rings (SSSR count). The molecule has 0 unspecified atom stereocenters. The van der Waals surface area contributed by atoms with Crippen LogP contribution in [0.5, 0.6) is 5.75 Å². The number of guanidine groups is 1. The van der Waals surface area contributed by atoms with E-state index in [0.29, 0.717) is 29.9 Å². The van der Waals surface area contributed by atoms with Crippen molar-refractivity contribution in [2.24, 2.45) is 16.6 Å². The van der Waals surface area contributed by atoms with Gasteiger partial charge in [-0.2, -0.15) is 5.26 Å². The molecule has 1 saturated heterocycles. The van der Waals surface area contributed by atoms with Crippen molar-refractivity contribution < 1.29 is 14.3 Å². The highest BCUT2D eigenvalue weighted by Gasteiger charge is 2.62. The van der Waals surface area contributed by atoms with Crippen LogP contribution < -0.4 is 10.5 Å². The van der Waals surface area contributed by atoms with E-state index in [2.05, 4.69) is 6.07 Å². The zero-order valence-corrected chi connectivity index (χ0v) is 16.8. The number of ether oxygens (including phenoxy) is 2. The Kier molecular flexibility index (Phi) is 4.09. The lowest BCUT2D eigenvalue weighted by molar-refractivity contribution is -0.149. The summed E-state index contributed by atoms with van der Waals surface area (Å²) in [5.74, 6) is 0.391. The second kappa shape index (κ2) is 6.57. The number of carbonyl (C=O) groups excluding carboxylic acids is 1. The largest absolute Gasteiger partial charge is 0.489 e. The van der Waals surface area contributed by atoms with Gasteiger partial charge in [-0.1, -0.05) is 18.2 Å². The van der Waals surface area contributed by atoms with E-state index in [9.17, 15) is 10.1 Å². The molecule has 4 atom stereocenters. The van der Waals surface area contributed by atoms with E-state index in [0.717, 1.165) is 11.1 Å². The van der Waals surface area contributed by atoms with E-state index >= 15 is 0 Å². The van der Waals surface area contributed by atoms with Crippen LogP contribution in [0.3, 0.4) is 0 Å². The Balaban J connectivity index is 1.73. The third kappa shape index (κ3) is 2.47. The number of nitrogens with zero attached hydrogens (tertiary/aromatic N) is 3. The Labute approximate surface area is 174 Å². The summed E-state index contributed by atoms with van der Waals surface area (Å²) in [5, 5.41) is 9.25. The summed E-state index contributed by atoms with van der Waals surface area (Å²) in [6.07, 6.45) is 0.296. The molecule has 152 valence electrons. The van der Waals surface area contributed by atoms with Gasteiger partial charge in [-0.25, -0.2) is 4.99 Å². The van der Waals surface area contributed by atoms with Crippen molar-refractivity contribution in [3.63, 3.8) is 0 Å². The minimum absolute atomic E-state index is 0.167. The molecule has 0 bridgehead atoms. The molecule has 0 saturated carbocycles. The Morgan fingerprint density at radius 1 is 1.27 bits per heavy atom. The number of aliphatic imine (C=N–C) groups is 1. The molecule has 3 heterocycles. The SMILES string of the molecule is C[C@H]1OCC[C@@H]2Oc3ccc(-c4cccc(C#N)c4)cc3[C@]3(N=C(N)N(C)C3=O)[C@H]21. The molecule has 7 heteroatoms. The van der Waals surface area contributed by atoms with Crippen molar-refractivity contribution in [2.45, 2.75) is 31.1 Å². The first-order valence-electron chi connectivity index (χ1n) is 10.0. The molecule has 1 amide bonds. The van der Waals surface area contributed by atoms with E-state index in [1.54, 1.807) is 13.1 Å². The summed E-state index contributed by atoms with van der Waals surface area (Å²) in [4.78, 5) is 19.7. The third-order valence-corrected chi connectivity index (χ3v) is 6.43. The molecule has 3 aliphatic rings. The molecule has 1 spiro atoms. The molecular formula is C23H22N4O3. The first-order valence-corrected chi connectivity index (χ1v) is 10.0. The van der Waals surface area contributed by atoms with Crippen LogP contribution in [0, 0.1) is 17.2 Å². The highest BCUT2D eigenvalue weighted by atomic mass is 16.5. The predicted molar refractivity (Wildman–Crippen MR) is 111 cm³/mol. The summed E-state index contributed by atoms with van der Waals surface area (Å²) in [7, 11) is 1.65. The van der Waals surface area contributed by atoms with E-state index < -0.39 is 5.54 Å². The van der Waals surface area contributed by atoms with Gasteiger partial charge in [0.1, 0.15) is 11.9 Å². The zero-order chi connectivity index (χ0) is 21.0. The van der Waals surface area contributed by atoms with Gasteiger partial charge in [0, 0.05) is 19.0 Å². The molecular weight excluding hydrogens is 380 g/mol. The molecule has 1 fully saturated rings. The van der Waals surface area contributed by atoms with Crippen LogP contribution in [0.1, 0.15) is 24.5 Å². The molecule has 7 nitrogen and oxygen atoms in total. The molecule has 2 aromatic rings. The van der Waals surface area contributed by atoms with Crippen molar-refractivity contribution >= 4 is 11.9 Å². The second-order valence-electron chi connectivity index (χ2n) is 8.05. The van der Waals surface area contributed by atoms with Crippen LogP contribution in [0.25, 0.3) is 11.1 Å². The second-order valence-corrected chi connectivity index (χ2v) is 8.05. The quantitative estimate of drug-likeness (QED) is 0.789. The molecule has 0 aliphatic carbocycles. The van der Waals surface area contributed by atoms with Crippen LogP contribution >= 0.6 is 0 Å². The van der Waals surface area contributed by atoms with Gasteiger partial charge in [0.05, 0.1) is 30.3 Å². The van der Waals surface area contributed by atoms with Crippen molar-refractivity contribution in [3.05, 3.63) is 53.6 Å². The molecule has 30 heavy (non-hydrogen) atoms. The fourth-order valence-corrected chi connectivity index (χ4v) is 4.97. The summed E-state index contributed by atoms with van der Waals surface area (Å²) in [6.45, 7) is 2.54. The Hall–Kier alpha value is -3.37. The third-order valence-electron chi connectivity index (χ3n) is 6.43. The number of rotatable bonds is 1. The van der Waals surface area contributed by atoms with Crippen LogP contribution in [0.2, 0.25) is 0 Å². The van der Waals surface area contributed by atoms with E-state index in [1.165, 1.54) is 4.90 Å². The zero-order valence-electron chi connectivity index (χ0n) is 16.8. The van der Waals surface area contributed by atoms with Crippen molar-refractivity contribution in [3.8, 4) is 22.9 Å². The minimum atomic E-state index is -1.18. The lowest BCUT2D eigenvalue weighted by Gasteiger charge is -2.48. The van der Waals surface area contributed by atoms with Gasteiger partial charge in [-0.05, 0) is 42.3 Å². The van der Waals surface area contributed by atoms with Crippen LogP contribution in [-0.4, -0.2) is 42.6 Å². The smallest absolute Gasteiger partial charge is 0.262 e. The van der Waals surface area contributed by atoms with E-state index in [-0.39, 0.29) is 30.0 Å². The first kappa shape index (κ1) is 18.6. The van der Waals surface area contributed by atoms with Crippen molar-refractivity contribution in [1.82, 2.24) is 4.90 Å². The van der Waals surface area contributed by atoms with Gasteiger partial charge < -0.3 is 15.2 Å². The standard InChI is InChI=1S/C23H22N4O3/c1-13-20-19(8-9-29-13)30-18-7-6-16(15-5-3-4-14(10-15)12-24)11-17(18)23(20)21(28)27(2)22(25)26-23/h3-7,10-11,13,19-20H,8-9H2,1-2H3,(H2,25,26)/t13-,19+,20+,23+/m1/s1. The Morgan fingerprint density at radius 3 is 2.80 bits per heavy atom. The number of hydrogen-bond donors (Lipinski definition) is 1.